The summed E-state index contributed by atoms with van der Waals surface area (Å²) in [4.78, 5) is 2.16. The molecule has 1 aromatic heterocycles. The van der Waals surface area contributed by atoms with E-state index in [2.05, 4.69) is 21.2 Å². The third kappa shape index (κ3) is 3.35. The van der Waals surface area contributed by atoms with Crippen LogP contribution in [0, 0.1) is 6.92 Å². The van der Waals surface area contributed by atoms with Crippen LogP contribution in [0.4, 0.5) is 0 Å². The number of aromatic amines is 1. The van der Waals surface area contributed by atoms with Gasteiger partial charge in [-0.25, -0.2) is 0 Å². The van der Waals surface area contributed by atoms with E-state index in [0.717, 1.165) is 40.5 Å². The monoisotopic (exact) mass is 278 g/mol. The first kappa shape index (κ1) is 14.1. The summed E-state index contributed by atoms with van der Waals surface area (Å²) in [5.74, 6) is 0. The van der Waals surface area contributed by atoms with Crippen LogP contribution in [-0.4, -0.2) is 35.2 Å². The van der Waals surface area contributed by atoms with E-state index in [0.29, 0.717) is 6.54 Å². The molecule has 4 nitrogen and oxygen atoms in total. The standard InChI is InChI=1S/C14H19ClN4/c1-10-3-4-12(13(15)7-10)14-11(8-17-18-14)9-19(2)6-5-16/h3-4,7-8H,5-6,9,16H2,1-2H3,(H,17,18). The van der Waals surface area contributed by atoms with Crippen molar-refractivity contribution in [2.75, 3.05) is 20.1 Å². The van der Waals surface area contributed by atoms with Crippen LogP contribution in [-0.2, 0) is 6.54 Å². The van der Waals surface area contributed by atoms with Crippen LogP contribution < -0.4 is 5.73 Å². The molecule has 0 aliphatic rings. The molecule has 1 heterocycles. The van der Waals surface area contributed by atoms with Crippen molar-refractivity contribution in [3.05, 3.63) is 40.5 Å². The van der Waals surface area contributed by atoms with Gasteiger partial charge in [-0.15, -0.1) is 0 Å². The van der Waals surface area contributed by atoms with Gasteiger partial charge in [0, 0.05) is 30.8 Å². The molecule has 0 radical (unpaired) electrons. The number of H-pyrrole nitrogens is 1. The van der Waals surface area contributed by atoms with Crippen molar-refractivity contribution in [3.63, 3.8) is 0 Å². The fraction of sp³-hybridized carbons (Fsp3) is 0.357. The Morgan fingerprint density at radius 1 is 1.42 bits per heavy atom. The normalized spacial score (nSPS) is 11.2. The van der Waals surface area contributed by atoms with Crippen molar-refractivity contribution >= 4 is 11.6 Å². The van der Waals surface area contributed by atoms with Crippen LogP contribution in [0.15, 0.2) is 24.4 Å². The first-order chi connectivity index (χ1) is 9.11. The highest BCUT2D eigenvalue weighted by Crippen LogP contribution is 2.29. The number of aryl methyl sites for hydroxylation is 1. The number of nitrogens with zero attached hydrogens (tertiary/aromatic N) is 2. The zero-order valence-electron chi connectivity index (χ0n) is 11.3. The van der Waals surface area contributed by atoms with Crippen molar-refractivity contribution in [1.29, 1.82) is 0 Å². The van der Waals surface area contributed by atoms with Crippen molar-refractivity contribution in [2.45, 2.75) is 13.5 Å². The Bertz CT molecular complexity index is 550. The first-order valence-electron chi connectivity index (χ1n) is 6.29. The van der Waals surface area contributed by atoms with Crippen molar-refractivity contribution < 1.29 is 0 Å². The van der Waals surface area contributed by atoms with Gasteiger partial charge in [0.25, 0.3) is 0 Å². The second-order valence-electron chi connectivity index (χ2n) is 4.78. The van der Waals surface area contributed by atoms with Gasteiger partial charge >= 0.3 is 0 Å². The lowest BCUT2D eigenvalue weighted by Crippen LogP contribution is -2.25. The van der Waals surface area contributed by atoms with Gasteiger partial charge in [0.1, 0.15) is 0 Å². The van der Waals surface area contributed by atoms with Crippen LogP contribution in [0.5, 0.6) is 0 Å². The zero-order valence-corrected chi connectivity index (χ0v) is 12.0. The number of aromatic nitrogens is 2. The molecule has 0 bridgehead atoms. The van der Waals surface area contributed by atoms with E-state index in [1.54, 1.807) is 0 Å². The Morgan fingerprint density at radius 3 is 2.89 bits per heavy atom. The molecule has 0 unspecified atom stereocenters. The van der Waals surface area contributed by atoms with E-state index in [9.17, 15) is 0 Å². The lowest BCUT2D eigenvalue weighted by atomic mass is 10.1. The lowest BCUT2D eigenvalue weighted by molar-refractivity contribution is 0.337. The summed E-state index contributed by atoms with van der Waals surface area (Å²) in [6.45, 7) is 4.33. The molecular weight excluding hydrogens is 260 g/mol. The highest BCUT2D eigenvalue weighted by molar-refractivity contribution is 6.33. The molecule has 3 N–H and O–H groups in total. The van der Waals surface area contributed by atoms with Gasteiger partial charge in [0.15, 0.2) is 0 Å². The molecule has 0 fully saturated rings. The van der Waals surface area contributed by atoms with Crippen LogP contribution in [0.2, 0.25) is 5.02 Å². The Kier molecular flexibility index (Phi) is 4.58. The van der Waals surface area contributed by atoms with E-state index in [-0.39, 0.29) is 0 Å². The fourth-order valence-corrected chi connectivity index (χ4v) is 2.41. The highest BCUT2D eigenvalue weighted by atomic mass is 35.5. The van der Waals surface area contributed by atoms with Crippen LogP contribution >= 0.6 is 11.6 Å². The number of nitrogens with one attached hydrogen (secondary N) is 1. The second-order valence-corrected chi connectivity index (χ2v) is 5.19. The molecule has 0 spiro atoms. The molecule has 0 atom stereocenters. The molecule has 0 aliphatic carbocycles. The average Bonchev–Trinajstić information content (AvgIpc) is 2.77. The molecule has 1 aromatic carbocycles. The number of halogens is 1. The summed E-state index contributed by atoms with van der Waals surface area (Å²) in [5, 5.41) is 7.91. The quantitative estimate of drug-likeness (QED) is 0.883. The summed E-state index contributed by atoms with van der Waals surface area (Å²) in [6, 6.07) is 6.04. The van der Waals surface area contributed by atoms with Gasteiger partial charge in [0.2, 0.25) is 0 Å². The zero-order chi connectivity index (χ0) is 13.8. The lowest BCUT2D eigenvalue weighted by Gasteiger charge is -2.15. The van der Waals surface area contributed by atoms with E-state index in [4.69, 9.17) is 17.3 Å². The Hall–Kier alpha value is -1.36. The van der Waals surface area contributed by atoms with Crippen molar-refractivity contribution in [2.24, 2.45) is 5.73 Å². The minimum atomic E-state index is 0.648. The average molecular weight is 279 g/mol. The predicted octanol–water partition coefficient (Wildman–Crippen LogP) is 2.43. The van der Waals surface area contributed by atoms with Gasteiger partial charge in [-0.3, -0.25) is 5.10 Å². The summed E-state index contributed by atoms with van der Waals surface area (Å²) < 4.78 is 0. The van der Waals surface area contributed by atoms with Crippen molar-refractivity contribution in [3.8, 4) is 11.3 Å². The topological polar surface area (TPSA) is 57.9 Å². The maximum atomic E-state index is 6.31. The van der Waals surface area contributed by atoms with E-state index >= 15 is 0 Å². The molecule has 0 amide bonds. The molecule has 19 heavy (non-hydrogen) atoms. The van der Waals surface area contributed by atoms with Crippen LogP contribution in [0.3, 0.4) is 0 Å². The molecule has 102 valence electrons. The smallest absolute Gasteiger partial charge is 0.0710 e. The van der Waals surface area contributed by atoms with Gasteiger partial charge < -0.3 is 10.6 Å². The number of rotatable bonds is 5. The summed E-state index contributed by atoms with van der Waals surface area (Å²) >= 11 is 6.31. The van der Waals surface area contributed by atoms with Gasteiger partial charge in [-0.05, 0) is 25.6 Å². The SMILES string of the molecule is Cc1ccc(-c2[nH]ncc2CN(C)CCN)c(Cl)c1. The van der Waals surface area contributed by atoms with Crippen LogP contribution in [0.25, 0.3) is 11.3 Å². The maximum absolute atomic E-state index is 6.31. The number of nitrogens with two attached hydrogens (primary N) is 1. The summed E-state index contributed by atoms with van der Waals surface area (Å²) in [7, 11) is 2.04. The number of benzene rings is 1. The van der Waals surface area contributed by atoms with Gasteiger partial charge in [0.05, 0.1) is 16.9 Å². The number of hydrogen-bond acceptors (Lipinski definition) is 3. The molecule has 0 saturated heterocycles. The summed E-state index contributed by atoms with van der Waals surface area (Å²) in [5.41, 5.74) is 9.80. The molecule has 0 saturated carbocycles. The molecule has 2 rings (SSSR count). The number of hydrogen-bond donors (Lipinski definition) is 2. The highest BCUT2D eigenvalue weighted by Gasteiger charge is 2.12. The Labute approximate surface area is 118 Å². The van der Waals surface area contributed by atoms with Gasteiger partial charge in [-0.2, -0.15) is 5.10 Å². The predicted molar refractivity (Wildman–Crippen MR) is 79.2 cm³/mol. The van der Waals surface area contributed by atoms with Crippen LogP contribution in [0.1, 0.15) is 11.1 Å². The minimum Gasteiger partial charge on any atom is -0.329 e. The molecular formula is C14H19ClN4. The Morgan fingerprint density at radius 2 is 2.21 bits per heavy atom. The van der Waals surface area contributed by atoms with Crippen molar-refractivity contribution in [1.82, 2.24) is 15.1 Å². The molecule has 0 aliphatic heterocycles. The molecule has 2 aromatic rings. The minimum absolute atomic E-state index is 0.648. The van der Waals surface area contributed by atoms with Gasteiger partial charge in [-0.1, -0.05) is 23.7 Å². The second kappa shape index (κ2) is 6.19. The molecule has 5 heteroatoms. The largest absolute Gasteiger partial charge is 0.329 e. The maximum Gasteiger partial charge on any atom is 0.0710 e. The third-order valence-electron chi connectivity index (χ3n) is 3.06. The number of likely N-dealkylation sites (N-methyl/N-ethyl adjacent to an activating group) is 1. The van der Waals surface area contributed by atoms with E-state index in [1.807, 2.05) is 32.3 Å². The Balaban J connectivity index is 2.28. The van der Waals surface area contributed by atoms with E-state index < -0.39 is 0 Å². The summed E-state index contributed by atoms with van der Waals surface area (Å²) in [6.07, 6.45) is 1.85. The first-order valence-corrected chi connectivity index (χ1v) is 6.67. The fourth-order valence-electron chi connectivity index (χ4n) is 2.08. The third-order valence-corrected chi connectivity index (χ3v) is 3.38. The van der Waals surface area contributed by atoms with E-state index in [1.165, 1.54) is 0 Å².